The fourth-order valence-corrected chi connectivity index (χ4v) is 3.28. The first kappa shape index (κ1) is 19.7. The van der Waals surface area contributed by atoms with Gasteiger partial charge in [0.05, 0.1) is 32.2 Å². The van der Waals surface area contributed by atoms with Gasteiger partial charge in [0.25, 0.3) is 5.91 Å². The van der Waals surface area contributed by atoms with E-state index in [1.807, 2.05) is 32.9 Å². The molecule has 0 fully saturated rings. The van der Waals surface area contributed by atoms with Crippen molar-refractivity contribution in [1.82, 2.24) is 5.32 Å². The van der Waals surface area contributed by atoms with Gasteiger partial charge in [-0.3, -0.25) is 9.59 Å². The second-order valence-electron chi connectivity index (χ2n) is 7.48. The normalized spacial score (nSPS) is 15.8. The summed E-state index contributed by atoms with van der Waals surface area (Å²) < 4.78 is 16.4. The predicted molar refractivity (Wildman–Crippen MR) is 106 cm³/mol. The Kier molecular flexibility index (Phi) is 5.31. The van der Waals surface area contributed by atoms with E-state index in [-0.39, 0.29) is 24.2 Å². The quantitative estimate of drug-likeness (QED) is 0.847. The summed E-state index contributed by atoms with van der Waals surface area (Å²) in [5.41, 5.74) is 1.22. The molecular weight excluding hydrogens is 358 g/mol. The van der Waals surface area contributed by atoms with E-state index in [0.29, 0.717) is 28.4 Å². The Morgan fingerprint density at radius 3 is 2.50 bits per heavy atom. The van der Waals surface area contributed by atoms with Crippen LogP contribution in [-0.4, -0.2) is 31.5 Å². The van der Waals surface area contributed by atoms with Crippen LogP contribution in [0.3, 0.4) is 0 Å². The largest absolute Gasteiger partial charge is 0.493 e. The summed E-state index contributed by atoms with van der Waals surface area (Å²) >= 11 is 0. The minimum Gasteiger partial charge on any atom is -0.493 e. The van der Waals surface area contributed by atoms with E-state index in [9.17, 15) is 9.59 Å². The number of ketones is 1. The number of methoxy groups -OCH3 is 2. The molecule has 28 heavy (non-hydrogen) atoms. The van der Waals surface area contributed by atoms with Crippen LogP contribution in [-0.2, 0) is 0 Å². The SMILES string of the molecule is COc1ccc(C(C)NC(=O)c2ccc3c(c2)C(=O)CC(C)(C)O3)cc1OC. The summed E-state index contributed by atoms with van der Waals surface area (Å²) in [5.74, 6) is 1.46. The highest BCUT2D eigenvalue weighted by atomic mass is 16.5. The average molecular weight is 383 g/mol. The molecule has 2 aromatic rings. The minimum absolute atomic E-state index is 0.0196. The van der Waals surface area contributed by atoms with Gasteiger partial charge in [-0.25, -0.2) is 0 Å². The number of benzene rings is 2. The molecule has 1 aliphatic rings. The lowest BCUT2D eigenvalue weighted by Crippen LogP contribution is -2.36. The molecule has 3 rings (SSSR count). The van der Waals surface area contributed by atoms with Gasteiger partial charge < -0.3 is 19.5 Å². The van der Waals surface area contributed by atoms with Gasteiger partial charge in [0.1, 0.15) is 11.4 Å². The minimum atomic E-state index is -0.532. The summed E-state index contributed by atoms with van der Waals surface area (Å²) in [6, 6.07) is 10.2. The Morgan fingerprint density at radius 1 is 1.11 bits per heavy atom. The predicted octanol–water partition coefficient (Wildman–Crippen LogP) is 3.94. The maximum absolute atomic E-state index is 12.7. The zero-order valence-electron chi connectivity index (χ0n) is 16.8. The topological polar surface area (TPSA) is 73.9 Å². The van der Waals surface area contributed by atoms with E-state index < -0.39 is 5.60 Å². The summed E-state index contributed by atoms with van der Waals surface area (Å²) in [7, 11) is 3.14. The van der Waals surface area contributed by atoms with Crippen LogP contribution in [0, 0.1) is 0 Å². The molecule has 0 spiro atoms. The zero-order chi connectivity index (χ0) is 20.5. The molecule has 2 aromatic carbocycles. The van der Waals surface area contributed by atoms with E-state index in [1.54, 1.807) is 38.5 Å². The van der Waals surface area contributed by atoms with Gasteiger partial charge in [-0.1, -0.05) is 6.07 Å². The third-order valence-electron chi connectivity index (χ3n) is 4.77. The Morgan fingerprint density at radius 2 is 1.82 bits per heavy atom. The monoisotopic (exact) mass is 383 g/mol. The molecule has 0 aromatic heterocycles. The van der Waals surface area contributed by atoms with E-state index in [1.165, 1.54) is 0 Å². The molecule has 0 saturated carbocycles. The molecule has 0 radical (unpaired) electrons. The lowest BCUT2D eigenvalue weighted by atomic mass is 9.92. The van der Waals surface area contributed by atoms with Gasteiger partial charge in [-0.15, -0.1) is 0 Å². The molecule has 6 nitrogen and oxygen atoms in total. The maximum atomic E-state index is 12.7. The van der Waals surface area contributed by atoms with Crippen molar-refractivity contribution in [3.63, 3.8) is 0 Å². The number of amides is 1. The van der Waals surface area contributed by atoms with Crippen molar-refractivity contribution in [2.75, 3.05) is 14.2 Å². The van der Waals surface area contributed by atoms with Crippen LogP contribution in [0.4, 0.5) is 0 Å². The molecule has 1 heterocycles. The number of nitrogens with one attached hydrogen (secondary N) is 1. The van der Waals surface area contributed by atoms with Crippen molar-refractivity contribution < 1.29 is 23.8 Å². The van der Waals surface area contributed by atoms with Crippen LogP contribution in [0.25, 0.3) is 0 Å². The zero-order valence-corrected chi connectivity index (χ0v) is 16.8. The average Bonchev–Trinajstić information content (AvgIpc) is 2.66. The molecule has 1 amide bonds. The van der Waals surface area contributed by atoms with E-state index in [4.69, 9.17) is 14.2 Å². The van der Waals surface area contributed by atoms with Crippen LogP contribution in [0.2, 0.25) is 0 Å². The first-order valence-corrected chi connectivity index (χ1v) is 9.13. The third kappa shape index (κ3) is 3.96. The number of rotatable bonds is 5. The standard InChI is InChI=1S/C22H25NO5/c1-13(14-6-9-19(26-4)20(11-14)27-5)23-21(25)15-7-8-18-16(10-15)17(24)12-22(2,3)28-18/h6-11,13H,12H2,1-5H3,(H,23,25). The Balaban J connectivity index is 1.78. The summed E-state index contributed by atoms with van der Waals surface area (Å²) in [6.45, 7) is 5.63. The molecule has 1 aliphatic heterocycles. The van der Waals surface area contributed by atoms with Crippen LogP contribution in [0.15, 0.2) is 36.4 Å². The number of ether oxygens (including phenoxy) is 3. The van der Waals surface area contributed by atoms with E-state index >= 15 is 0 Å². The number of fused-ring (bicyclic) bond motifs is 1. The number of hydrogen-bond acceptors (Lipinski definition) is 5. The highest BCUT2D eigenvalue weighted by Gasteiger charge is 2.32. The molecule has 148 valence electrons. The highest BCUT2D eigenvalue weighted by Crippen LogP contribution is 2.34. The van der Waals surface area contributed by atoms with Crippen molar-refractivity contribution in [2.24, 2.45) is 0 Å². The molecule has 0 aliphatic carbocycles. The highest BCUT2D eigenvalue weighted by molar-refractivity contribution is 6.03. The summed E-state index contributed by atoms with van der Waals surface area (Å²) in [6.07, 6.45) is 0.285. The van der Waals surface area contributed by atoms with Crippen molar-refractivity contribution >= 4 is 11.7 Å². The van der Waals surface area contributed by atoms with E-state index in [0.717, 1.165) is 5.56 Å². The lowest BCUT2D eigenvalue weighted by molar-refractivity contribution is 0.0620. The molecule has 1 atom stereocenters. The number of hydrogen-bond donors (Lipinski definition) is 1. The Hall–Kier alpha value is -3.02. The molecule has 1 unspecified atom stereocenters. The van der Waals surface area contributed by atoms with Crippen LogP contribution in [0.5, 0.6) is 17.2 Å². The van der Waals surface area contributed by atoms with Gasteiger partial charge in [0, 0.05) is 5.56 Å². The third-order valence-corrected chi connectivity index (χ3v) is 4.77. The molecule has 0 saturated heterocycles. The number of Topliss-reactive ketones (excluding diaryl/α,β-unsaturated/α-hetero) is 1. The second-order valence-corrected chi connectivity index (χ2v) is 7.48. The van der Waals surface area contributed by atoms with Crippen molar-refractivity contribution in [3.05, 3.63) is 53.1 Å². The second kappa shape index (κ2) is 7.54. The first-order valence-electron chi connectivity index (χ1n) is 9.13. The summed E-state index contributed by atoms with van der Waals surface area (Å²) in [5, 5.41) is 2.95. The van der Waals surface area contributed by atoms with Gasteiger partial charge in [-0.2, -0.15) is 0 Å². The van der Waals surface area contributed by atoms with E-state index in [2.05, 4.69) is 5.32 Å². The van der Waals surface area contributed by atoms with Crippen LogP contribution >= 0.6 is 0 Å². The molecular formula is C22H25NO5. The summed E-state index contributed by atoms with van der Waals surface area (Å²) in [4.78, 5) is 25.1. The lowest BCUT2D eigenvalue weighted by Gasteiger charge is -2.31. The van der Waals surface area contributed by atoms with Gasteiger partial charge in [0.2, 0.25) is 0 Å². The Labute approximate surface area is 164 Å². The smallest absolute Gasteiger partial charge is 0.251 e. The van der Waals surface area contributed by atoms with Gasteiger partial charge in [-0.05, 0) is 56.7 Å². The van der Waals surface area contributed by atoms with Crippen LogP contribution < -0.4 is 19.5 Å². The van der Waals surface area contributed by atoms with Gasteiger partial charge in [0.15, 0.2) is 17.3 Å². The van der Waals surface area contributed by atoms with Crippen molar-refractivity contribution in [1.29, 1.82) is 0 Å². The van der Waals surface area contributed by atoms with Gasteiger partial charge >= 0.3 is 0 Å². The van der Waals surface area contributed by atoms with Crippen molar-refractivity contribution in [2.45, 2.75) is 38.8 Å². The fourth-order valence-electron chi connectivity index (χ4n) is 3.28. The molecule has 6 heteroatoms. The number of carbonyl (C=O) groups is 2. The Bertz CT molecular complexity index is 919. The van der Waals surface area contributed by atoms with Crippen LogP contribution in [0.1, 0.15) is 59.5 Å². The van der Waals surface area contributed by atoms with Crippen molar-refractivity contribution in [3.8, 4) is 17.2 Å². The fraction of sp³-hybridized carbons (Fsp3) is 0.364. The molecule has 0 bridgehead atoms. The first-order chi connectivity index (χ1) is 13.2. The number of carbonyl (C=O) groups excluding carboxylic acids is 2. The molecule has 1 N–H and O–H groups in total. The maximum Gasteiger partial charge on any atom is 0.251 e.